The van der Waals surface area contributed by atoms with Crippen LogP contribution in [0.4, 0.5) is 10.8 Å². The highest BCUT2D eigenvalue weighted by Crippen LogP contribution is 2.34. The van der Waals surface area contributed by atoms with E-state index in [-0.39, 0.29) is 9.34 Å². The smallest absolute Gasteiger partial charge is 0.273 e. The van der Waals surface area contributed by atoms with Gasteiger partial charge in [-0.3, -0.25) is 4.72 Å². The number of anilines is 2. The molecule has 5 nitrogen and oxygen atoms in total. The van der Waals surface area contributed by atoms with Crippen molar-refractivity contribution in [3.63, 3.8) is 0 Å². The van der Waals surface area contributed by atoms with Gasteiger partial charge in [0.2, 0.25) is 0 Å². The molecule has 0 aliphatic rings. The molecule has 0 unspecified atom stereocenters. The summed E-state index contributed by atoms with van der Waals surface area (Å²) in [5.41, 5.74) is 6.35. The first-order valence-corrected chi connectivity index (χ1v) is 8.89. The van der Waals surface area contributed by atoms with Crippen molar-refractivity contribution in [2.24, 2.45) is 0 Å². The predicted molar refractivity (Wildman–Crippen MR) is 83.9 cm³/mol. The molecule has 0 saturated carbocycles. The zero-order valence-electron chi connectivity index (χ0n) is 9.65. The van der Waals surface area contributed by atoms with Crippen LogP contribution in [0.15, 0.2) is 31.4 Å². The molecule has 0 aliphatic heterocycles. The Morgan fingerprint density at radius 2 is 1.89 bits per heavy atom. The Morgan fingerprint density at radius 3 is 2.37 bits per heavy atom. The van der Waals surface area contributed by atoms with Crippen molar-refractivity contribution in [1.82, 2.24) is 4.98 Å². The average Bonchev–Trinajstić information content (AvgIpc) is 2.64. The number of nitrogens with two attached hydrogens (primary N) is 1. The molecule has 9 heteroatoms. The van der Waals surface area contributed by atoms with Gasteiger partial charge in [0.25, 0.3) is 10.0 Å². The van der Waals surface area contributed by atoms with Crippen LogP contribution in [0, 0.1) is 6.92 Å². The van der Waals surface area contributed by atoms with Crippen LogP contribution in [-0.4, -0.2) is 13.4 Å². The summed E-state index contributed by atoms with van der Waals surface area (Å²) >= 11 is 7.54. The van der Waals surface area contributed by atoms with Crippen molar-refractivity contribution in [3.8, 4) is 0 Å². The highest BCUT2D eigenvalue weighted by atomic mass is 79.9. The summed E-state index contributed by atoms with van der Waals surface area (Å²) in [6.07, 6.45) is 0. The van der Waals surface area contributed by atoms with E-state index in [1.165, 1.54) is 0 Å². The Morgan fingerprint density at radius 1 is 1.32 bits per heavy atom. The quantitative estimate of drug-likeness (QED) is 0.787. The molecule has 2 aromatic rings. The summed E-state index contributed by atoms with van der Waals surface area (Å²) in [4.78, 5) is 3.92. The molecule has 0 fully saturated rings. The van der Waals surface area contributed by atoms with Gasteiger partial charge in [-0.15, -0.1) is 0 Å². The summed E-state index contributed by atoms with van der Waals surface area (Å²) < 4.78 is 28.5. The highest BCUT2D eigenvalue weighted by molar-refractivity contribution is 9.11. The summed E-state index contributed by atoms with van der Waals surface area (Å²) in [6, 6.07) is 5.29. The topological polar surface area (TPSA) is 85.1 Å². The maximum absolute atomic E-state index is 12.3. The predicted octanol–water partition coefficient (Wildman–Crippen LogP) is 3.36. The Bertz CT molecular complexity index is 708. The van der Waals surface area contributed by atoms with Gasteiger partial charge in [-0.2, -0.15) is 0 Å². The summed E-state index contributed by atoms with van der Waals surface area (Å²) in [7, 11) is -3.70. The van der Waals surface area contributed by atoms with Crippen LogP contribution in [-0.2, 0) is 10.0 Å². The number of hydrogen-bond acceptors (Lipinski definition) is 5. The number of halogens is 2. The zero-order valence-corrected chi connectivity index (χ0v) is 14.5. The highest BCUT2D eigenvalue weighted by Gasteiger charge is 2.23. The number of hydrogen-bond donors (Lipinski definition) is 2. The lowest BCUT2D eigenvalue weighted by molar-refractivity contribution is 0.602. The molecule has 0 aliphatic carbocycles. The fraction of sp³-hybridized carbons (Fsp3) is 0.100. The fourth-order valence-electron chi connectivity index (χ4n) is 1.43. The molecular formula is C10H9Br2N3O2S2. The molecule has 0 spiro atoms. The van der Waals surface area contributed by atoms with Gasteiger partial charge in [0.15, 0.2) is 9.34 Å². The third kappa shape index (κ3) is 3.10. The van der Waals surface area contributed by atoms with Gasteiger partial charge in [0.05, 0.1) is 11.4 Å². The second-order valence-corrected chi connectivity index (χ2v) is 8.24. The van der Waals surface area contributed by atoms with Crippen molar-refractivity contribution in [3.05, 3.63) is 32.8 Å². The molecule has 3 N–H and O–H groups in total. The molecular weight excluding hydrogens is 418 g/mol. The molecule has 0 radical (unpaired) electrons. The maximum atomic E-state index is 12.3. The Kier molecular flexibility index (Phi) is 4.19. The summed E-state index contributed by atoms with van der Waals surface area (Å²) in [5.74, 6) is 0. The van der Waals surface area contributed by atoms with Crippen LogP contribution in [0.5, 0.6) is 0 Å². The number of aryl methyl sites for hydroxylation is 1. The number of rotatable bonds is 3. The van der Waals surface area contributed by atoms with Crippen molar-refractivity contribution in [1.29, 1.82) is 0 Å². The van der Waals surface area contributed by atoms with E-state index in [1.54, 1.807) is 25.1 Å². The number of nitrogens with zero attached hydrogens (tertiary/aromatic N) is 1. The monoisotopic (exact) mass is 425 g/mol. The van der Waals surface area contributed by atoms with E-state index in [0.29, 0.717) is 20.3 Å². The third-order valence-electron chi connectivity index (χ3n) is 2.21. The minimum atomic E-state index is -3.70. The van der Waals surface area contributed by atoms with Gasteiger partial charge in [-0.1, -0.05) is 17.4 Å². The van der Waals surface area contributed by atoms with Gasteiger partial charge < -0.3 is 5.73 Å². The largest absolute Gasteiger partial charge is 0.375 e. The fourth-order valence-corrected chi connectivity index (χ4v) is 5.29. The first-order valence-electron chi connectivity index (χ1n) is 5.01. The molecule has 1 aromatic heterocycles. The van der Waals surface area contributed by atoms with Crippen molar-refractivity contribution >= 4 is 64.0 Å². The number of nitrogen functional groups attached to an aromatic ring is 1. The zero-order chi connectivity index (χ0) is 14.2. The molecule has 0 amide bonds. The molecule has 2 rings (SSSR count). The van der Waals surface area contributed by atoms with Gasteiger partial charge in [0.1, 0.15) is 0 Å². The van der Waals surface area contributed by atoms with Crippen LogP contribution >= 0.6 is 43.2 Å². The number of thiazole rings is 1. The van der Waals surface area contributed by atoms with Crippen LogP contribution in [0.3, 0.4) is 0 Å². The lowest BCUT2D eigenvalue weighted by Gasteiger charge is -2.10. The lowest BCUT2D eigenvalue weighted by atomic mass is 10.3. The second-order valence-electron chi connectivity index (χ2n) is 3.63. The average molecular weight is 427 g/mol. The van der Waals surface area contributed by atoms with E-state index in [9.17, 15) is 8.42 Å². The van der Waals surface area contributed by atoms with E-state index < -0.39 is 10.0 Å². The van der Waals surface area contributed by atoms with E-state index >= 15 is 0 Å². The molecule has 1 aromatic carbocycles. The lowest BCUT2D eigenvalue weighted by Crippen LogP contribution is -2.13. The van der Waals surface area contributed by atoms with E-state index in [1.807, 2.05) is 0 Å². The third-order valence-corrected chi connectivity index (χ3v) is 6.48. The van der Waals surface area contributed by atoms with Gasteiger partial charge in [-0.05, 0) is 50.9 Å². The van der Waals surface area contributed by atoms with E-state index in [2.05, 4.69) is 41.6 Å². The SMILES string of the molecule is Cc1nc(N)sc1S(=O)(=O)Nc1c(Br)cccc1Br. The number of para-hydroxylation sites is 1. The van der Waals surface area contributed by atoms with Crippen LogP contribution in [0.2, 0.25) is 0 Å². The first kappa shape index (κ1) is 14.8. The Hall–Kier alpha value is -0.640. The Balaban J connectivity index is 2.45. The Labute approximate surface area is 131 Å². The summed E-state index contributed by atoms with van der Waals surface area (Å²) in [5, 5.41) is 0.226. The van der Waals surface area contributed by atoms with Gasteiger partial charge in [-0.25, -0.2) is 13.4 Å². The number of aromatic nitrogens is 1. The molecule has 0 atom stereocenters. The van der Waals surface area contributed by atoms with Crippen molar-refractivity contribution in [2.45, 2.75) is 11.1 Å². The maximum Gasteiger partial charge on any atom is 0.273 e. The normalized spacial score (nSPS) is 11.5. The van der Waals surface area contributed by atoms with Crippen LogP contribution in [0.1, 0.15) is 5.69 Å². The van der Waals surface area contributed by atoms with E-state index in [0.717, 1.165) is 11.3 Å². The molecule has 1 heterocycles. The minimum absolute atomic E-state index is 0.118. The molecule has 19 heavy (non-hydrogen) atoms. The number of nitrogens with one attached hydrogen (secondary N) is 1. The first-order chi connectivity index (χ1) is 8.81. The van der Waals surface area contributed by atoms with Crippen molar-refractivity contribution in [2.75, 3.05) is 10.5 Å². The van der Waals surface area contributed by atoms with E-state index in [4.69, 9.17) is 5.73 Å². The molecule has 102 valence electrons. The van der Waals surface area contributed by atoms with Gasteiger partial charge in [0, 0.05) is 8.95 Å². The molecule has 0 saturated heterocycles. The standard InChI is InChI=1S/C10H9Br2N3O2S2/c1-5-9(18-10(13)14-5)19(16,17)15-8-6(11)3-2-4-7(8)12/h2-4,15H,1H3,(H2,13,14). The number of sulfonamides is 1. The van der Waals surface area contributed by atoms with Crippen LogP contribution in [0.25, 0.3) is 0 Å². The summed E-state index contributed by atoms with van der Waals surface area (Å²) in [6.45, 7) is 1.61. The number of benzene rings is 1. The molecule has 0 bridgehead atoms. The van der Waals surface area contributed by atoms with Crippen LogP contribution < -0.4 is 10.5 Å². The minimum Gasteiger partial charge on any atom is -0.375 e. The second kappa shape index (κ2) is 5.39. The van der Waals surface area contributed by atoms with Gasteiger partial charge >= 0.3 is 0 Å². The van der Waals surface area contributed by atoms with Crippen molar-refractivity contribution < 1.29 is 8.42 Å².